The molecule has 0 aliphatic carbocycles. The number of ketones is 1. The number of carbonyl (C=O) groups is 2. The number of Topliss-reactive ketones (excluding diaryl/α,β-unsaturated/α-hetero) is 1. The summed E-state index contributed by atoms with van der Waals surface area (Å²) < 4.78 is 0. The first kappa shape index (κ1) is 17.4. The minimum absolute atomic E-state index is 0.0276. The lowest BCUT2D eigenvalue weighted by Crippen LogP contribution is -2.25. The van der Waals surface area contributed by atoms with Crippen LogP contribution < -0.4 is 5.32 Å². The number of amides is 1. The lowest BCUT2D eigenvalue weighted by atomic mass is 9.91. The molecule has 0 bridgehead atoms. The van der Waals surface area contributed by atoms with Crippen LogP contribution in [0, 0.1) is 12.3 Å². The highest BCUT2D eigenvalue weighted by Crippen LogP contribution is 2.19. The van der Waals surface area contributed by atoms with Crippen LogP contribution in [0.2, 0.25) is 0 Å². The van der Waals surface area contributed by atoms with E-state index in [2.05, 4.69) is 26.1 Å². The number of hydrogen-bond acceptors (Lipinski definition) is 2. The molecule has 3 heteroatoms. The molecule has 1 amide bonds. The number of benzene rings is 1. The molecule has 1 aromatic rings. The molecule has 116 valence electrons. The second kappa shape index (κ2) is 7.96. The number of hydrogen-bond donors (Lipinski definition) is 1. The van der Waals surface area contributed by atoms with E-state index in [9.17, 15) is 9.59 Å². The third-order valence-electron chi connectivity index (χ3n) is 3.38. The van der Waals surface area contributed by atoms with Crippen LogP contribution in [0.25, 0.3) is 0 Å². The first-order chi connectivity index (χ1) is 9.78. The third-order valence-corrected chi connectivity index (χ3v) is 3.38. The number of carbonyl (C=O) groups excluding carboxylic acids is 2. The van der Waals surface area contributed by atoms with Crippen LogP contribution >= 0.6 is 0 Å². The second-order valence-electron chi connectivity index (χ2n) is 6.80. The zero-order valence-corrected chi connectivity index (χ0v) is 13.7. The maximum atomic E-state index is 11.9. The van der Waals surface area contributed by atoms with Gasteiger partial charge in [0.15, 0.2) is 5.78 Å². The molecular weight excluding hydrogens is 262 g/mol. The van der Waals surface area contributed by atoms with Crippen molar-refractivity contribution in [2.45, 2.75) is 53.4 Å². The molecule has 0 saturated carbocycles. The predicted octanol–water partition coefficient (Wildman–Crippen LogP) is 3.90. The second-order valence-corrected chi connectivity index (χ2v) is 6.80. The Hall–Kier alpha value is -1.64. The van der Waals surface area contributed by atoms with Gasteiger partial charge in [0.1, 0.15) is 0 Å². The van der Waals surface area contributed by atoms with Crippen molar-refractivity contribution in [3.63, 3.8) is 0 Å². The lowest BCUT2D eigenvalue weighted by molar-refractivity contribution is -0.121. The number of nitrogens with one attached hydrogen (secondary N) is 1. The Morgan fingerprint density at radius 2 is 1.67 bits per heavy atom. The van der Waals surface area contributed by atoms with Crippen LogP contribution in [-0.4, -0.2) is 18.2 Å². The van der Waals surface area contributed by atoms with E-state index in [4.69, 9.17) is 0 Å². The lowest BCUT2D eigenvalue weighted by Gasteiger charge is -2.17. The van der Waals surface area contributed by atoms with Crippen molar-refractivity contribution in [1.82, 2.24) is 5.32 Å². The standard InChI is InChI=1S/C18H27NO2/c1-14-6-8-15(9-7-14)16(20)10-11-17(21)19-13-5-12-18(2,3)4/h6-9H,5,10-13H2,1-4H3,(H,19,21). The highest BCUT2D eigenvalue weighted by molar-refractivity contribution is 5.97. The van der Waals surface area contributed by atoms with Gasteiger partial charge in [0, 0.05) is 24.9 Å². The average Bonchev–Trinajstić information content (AvgIpc) is 2.41. The molecule has 0 saturated heterocycles. The Labute approximate surface area is 128 Å². The van der Waals surface area contributed by atoms with E-state index in [1.807, 2.05) is 31.2 Å². The Bertz CT molecular complexity index is 469. The molecule has 1 aromatic carbocycles. The zero-order chi connectivity index (χ0) is 15.9. The van der Waals surface area contributed by atoms with Gasteiger partial charge < -0.3 is 5.32 Å². The van der Waals surface area contributed by atoms with E-state index in [1.165, 1.54) is 0 Å². The molecule has 0 radical (unpaired) electrons. The van der Waals surface area contributed by atoms with Gasteiger partial charge in [-0.05, 0) is 25.2 Å². The van der Waals surface area contributed by atoms with Gasteiger partial charge in [-0.25, -0.2) is 0 Å². The molecule has 0 atom stereocenters. The summed E-state index contributed by atoms with van der Waals surface area (Å²) in [5.41, 5.74) is 2.11. The van der Waals surface area contributed by atoms with Gasteiger partial charge in [-0.2, -0.15) is 0 Å². The van der Waals surface area contributed by atoms with Crippen molar-refractivity contribution < 1.29 is 9.59 Å². The molecular formula is C18H27NO2. The Balaban J connectivity index is 2.23. The van der Waals surface area contributed by atoms with Crippen molar-refractivity contribution in [2.75, 3.05) is 6.54 Å². The fourth-order valence-electron chi connectivity index (χ4n) is 2.05. The van der Waals surface area contributed by atoms with Gasteiger partial charge in [0.2, 0.25) is 5.91 Å². The molecule has 0 fully saturated rings. The predicted molar refractivity (Wildman–Crippen MR) is 86.4 cm³/mol. The molecule has 1 N–H and O–H groups in total. The summed E-state index contributed by atoms with van der Waals surface area (Å²) in [4.78, 5) is 23.6. The summed E-state index contributed by atoms with van der Waals surface area (Å²) >= 11 is 0. The Morgan fingerprint density at radius 1 is 1.05 bits per heavy atom. The van der Waals surface area contributed by atoms with Gasteiger partial charge in [-0.1, -0.05) is 50.6 Å². The van der Waals surface area contributed by atoms with Crippen LogP contribution in [0.4, 0.5) is 0 Å². The average molecular weight is 289 g/mol. The van der Waals surface area contributed by atoms with Crippen molar-refractivity contribution in [2.24, 2.45) is 5.41 Å². The van der Waals surface area contributed by atoms with Crippen LogP contribution in [0.1, 0.15) is 62.4 Å². The van der Waals surface area contributed by atoms with Gasteiger partial charge >= 0.3 is 0 Å². The highest BCUT2D eigenvalue weighted by atomic mass is 16.2. The van der Waals surface area contributed by atoms with Gasteiger partial charge in [-0.3, -0.25) is 9.59 Å². The van der Waals surface area contributed by atoms with E-state index in [1.54, 1.807) is 0 Å². The Kier molecular flexibility index (Phi) is 6.60. The molecule has 0 aliphatic heterocycles. The molecule has 21 heavy (non-hydrogen) atoms. The quantitative estimate of drug-likeness (QED) is 0.611. The maximum Gasteiger partial charge on any atom is 0.220 e. The number of aryl methyl sites for hydroxylation is 1. The molecule has 0 aromatic heterocycles. The van der Waals surface area contributed by atoms with E-state index in [-0.39, 0.29) is 24.5 Å². The van der Waals surface area contributed by atoms with E-state index in [0.717, 1.165) is 18.4 Å². The van der Waals surface area contributed by atoms with Crippen molar-refractivity contribution in [3.8, 4) is 0 Å². The minimum atomic E-state index is -0.0376. The van der Waals surface area contributed by atoms with E-state index < -0.39 is 0 Å². The molecule has 0 heterocycles. The minimum Gasteiger partial charge on any atom is -0.356 e. The SMILES string of the molecule is Cc1ccc(C(=O)CCC(=O)NCCCC(C)(C)C)cc1. The first-order valence-corrected chi connectivity index (χ1v) is 7.64. The first-order valence-electron chi connectivity index (χ1n) is 7.64. The number of rotatable bonds is 7. The van der Waals surface area contributed by atoms with Gasteiger partial charge in [0.05, 0.1) is 0 Å². The molecule has 3 nitrogen and oxygen atoms in total. The summed E-state index contributed by atoms with van der Waals surface area (Å²) in [5.74, 6) is -0.00999. The monoisotopic (exact) mass is 289 g/mol. The zero-order valence-electron chi connectivity index (χ0n) is 13.7. The van der Waals surface area contributed by atoms with E-state index in [0.29, 0.717) is 17.5 Å². The summed E-state index contributed by atoms with van der Waals surface area (Å²) in [6.45, 7) is 9.24. The summed E-state index contributed by atoms with van der Waals surface area (Å²) in [7, 11) is 0. The fourth-order valence-corrected chi connectivity index (χ4v) is 2.05. The summed E-state index contributed by atoms with van der Waals surface area (Å²) in [6, 6.07) is 7.47. The third kappa shape index (κ3) is 7.64. The van der Waals surface area contributed by atoms with Crippen molar-refractivity contribution in [3.05, 3.63) is 35.4 Å². The van der Waals surface area contributed by atoms with Gasteiger partial charge in [0.25, 0.3) is 0 Å². The Morgan fingerprint density at radius 3 is 2.24 bits per heavy atom. The summed E-state index contributed by atoms with van der Waals surface area (Å²) in [5, 5.41) is 2.88. The highest BCUT2D eigenvalue weighted by Gasteiger charge is 2.11. The van der Waals surface area contributed by atoms with Gasteiger partial charge in [-0.15, -0.1) is 0 Å². The van der Waals surface area contributed by atoms with Crippen LogP contribution in [0.3, 0.4) is 0 Å². The maximum absolute atomic E-state index is 11.9. The van der Waals surface area contributed by atoms with Crippen molar-refractivity contribution >= 4 is 11.7 Å². The van der Waals surface area contributed by atoms with Crippen LogP contribution in [0.15, 0.2) is 24.3 Å². The molecule has 0 unspecified atom stereocenters. The van der Waals surface area contributed by atoms with E-state index >= 15 is 0 Å². The smallest absolute Gasteiger partial charge is 0.220 e. The summed E-state index contributed by atoms with van der Waals surface area (Å²) in [6.07, 6.45) is 2.59. The fraction of sp³-hybridized carbons (Fsp3) is 0.556. The largest absolute Gasteiger partial charge is 0.356 e. The molecule has 1 rings (SSSR count). The van der Waals surface area contributed by atoms with Crippen LogP contribution in [0.5, 0.6) is 0 Å². The molecule has 0 aliphatic rings. The van der Waals surface area contributed by atoms with Crippen molar-refractivity contribution in [1.29, 1.82) is 0 Å². The van der Waals surface area contributed by atoms with Crippen LogP contribution in [-0.2, 0) is 4.79 Å². The normalized spacial score (nSPS) is 11.2. The molecule has 0 spiro atoms. The topological polar surface area (TPSA) is 46.2 Å².